The van der Waals surface area contributed by atoms with E-state index in [0.29, 0.717) is 17.0 Å². The standard InChI is InChI=1S/C17H17N3O2/c1-12(19-15-9-5-6-10-16(15)22-2)17(21)20-14-8-4-3-7-13(14)11-18/h3-10,12,19H,1-2H3,(H,20,21)/t12-/m1/s1. The zero-order chi connectivity index (χ0) is 15.9. The van der Waals surface area contributed by atoms with Crippen molar-refractivity contribution in [2.24, 2.45) is 0 Å². The third-order valence-corrected chi connectivity index (χ3v) is 3.18. The minimum Gasteiger partial charge on any atom is -0.495 e. The van der Waals surface area contributed by atoms with Crippen molar-refractivity contribution in [2.45, 2.75) is 13.0 Å². The molecule has 22 heavy (non-hydrogen) atoms. The van der Waals surface area contributed by atoms with Crippen molar-refractivity contribution in [3.63, 3.8) is 0 Å². The number of para-hydroxylation sites is 3. The Morgan fingerprint density at radius 1 is 1.14 bits per heavy atom. The second-order valence-corrected chi connectivity index (χ2v) is 4.71. The number of nitriles is 1. The highest BCUT2D eigenvalue weighted by molar-refractivity contribution is 5.97. The molecule has 5 nitrogen and oxygen atoms in total. The number of hydrogen-bond acceptors (Lipinski definition) is 4. The third kappa shape index (κ3) is 3.55. The van der Waals surface area contributed by atoms with Gasteiger partial charge in [-0.15, -0.1) is 0 Å². The molecule has 0 aliphatic carbocycles. The van der Waals surface area contributed by atoms with Crippen LogP contribution in [0.5, 0.6) is 5.75 Å². The summed E-state index contributed by atoms with van der Waals surface area (Å²) in [4.78, 5) is 12.3. The average molecular weight is 295 g/mol. The lowest BCUT2D eigenvalue weighted by Crippen LogP contribution is -2.32. The van der Waals surface area contributed by atoms with Crippen LogP contribution in [0.2, 0.25) is 0 Å². The van der Waals surface area contributed by atoms with E-state index in [1.54, 1.807) is 38.3 Å². The second-order valence-electron chi connectivity index (χ2n) is 4.71. The van der Waals surface area contributed by atoms with E-state index in [0.717, 1.165) is 5.69 Å². The summed E-state index contributed by atoms with van der Waals surface area (Å²) in [6.07, 6.45) is 0. The van der Waals surface area contributed by atoms with E-state index in [1.807, 2.05) is 24.3 Å². The number of carbonyl (C=O) groups excluding carboxylic acids is 1. The zero-order valence-corrected chi connectivity index (χ0v) is 12.5. The van der Waals surface area contributed by atoms with Crippen LogP contribution in [-0.4, -0.2) is 19.1 Å². The first-order chi connectivity index (χ1) is 10.7. The Morgan fingerprint density at radius 2 is 1.77 bits per heavy atom. The minimum absolute atomic E-state index is 0.228. The largest absolute Gasteiger partial charge is 0.495 e. The Labute approximate surface area is 129 Å². The summed E-state index contributed by atoms with van der Waals surface area (Å²) in [7, 11) is 1.58. The zero-order valence-electron chi connectivity index (χ0n) is 12.5. The molecule has 0 aromatic heterocycles. The highest BCUT2D eigenvalue weighted by Crippen LogP contribution is 2.24. The summed E-state index contributed by atoms with van der Waals surface area (Å²) < 4.78 is 5.24. The summed E-state index contributed by atoms with van der Waals surface area (Å²) >= 11 is 0. The van der Waals surface area contributed by atoms with Crippen LogP contribution in [0.3, 0.4) is 0 Å². The van der Waals surface area contributed by atoms with Crippen LogP contribution in [0.15, 0.2) is 48.5 Å². The van der Waals surface area contributed by atoms with Gasteiger partial charge in [-0.05, 0) is 31.2 Å². The Balaban J connectivity index is 2.08. The molecule has 0 bridgehead atoms. The van der Waals surface area contributed by atoms with Gasteiger partial charge < -0.3 is 15.4 Å². The van der Waals surface area contributed by atoms with Crippen molar-refractivity contribution < 1.29 is 9.53 Å². The predicted octanol–water partition coefficient (Wildman–Crippen LogP) is 3.01. The minimum atomic E-state index is -0.483. The quantitative estimate of drug-likeness (QED) is 0.889. The van der Waals surface area contributed by atoms with Crippen molar-refractivity contribution in [3.05, 3.63) is 54.1 Å². The Hall–Kier alpha value is -3.00. The highest BCUT2D eigenvalue weighted by Gasteiger charge is 2.15. The van der Waals surface area contributed by atoms with Gasteiger partial charge in [-0.1, -0.05) is 24.3 Å². The average Bonchev–Trinajstić information content (AvgIpc) is 2.55. The molecule has 5 heteroatoms. The van der Waals surface area contributed by atoms with Crippen molar-refractivity contribution in [3.8, 4) is 11.8 Å². The van der Waals surface area contributed by atoms with Crippen LogP contribution in [0.1, 0.15) is 12.5 Å². The molecule has 0 spiro atoms. The van der Waals surface area contributed by atoms with Crippen LogP contribution in [0.4, 0.5) is 11.4 Å². The van der Waals surface area contributed by atoms with Gasteiger partial charge >= 0.3 is 0 Å². The maximum Gasteiger partial charge on any atom is 0.246 e. The molecule has 2 rings (SSSR count). The summed E-state index contributed by atoms with van der Waals surface area (Å²) in [5, 5.41) is 14.9. The fourth-order valence-electron chi connectivity index (χ4n) is 1.99. The van der Waals surface area contributed by atoms with Crippen molar-refractivity contribution in [2.75, 3.05) is 17.7 Å². The van der Waals surface area contributed by atoms with Crippen molar-refractivity contribution >= 4 is 17.3 Å². The fourth-order valence-corrected chi connectivity index (χ4v) is 1.99. The Bertz CT molecular complexity index is 707. The SMILES string of the molecule is COc1ccccc1N[C@H](C)C(=O)Nc1ccccc1C#N. The lowest BCUT2D eigenvalue weighted by atomic mass is 10.2. The van der Waals surface area contributed by atoms with E-state index in [9.17, 15) is 4.79 Å². The summed E-state index contributed by atoms with van der Waals surface area (Å²) in [5.74, 6) is 0.438. The lowest BCUT2D eigenvalue weighted by molar-refractivity contribution is -0.116. The number of ether oxygens (including phenoxy) is 1. The number of methoxy groups -OCH3 is 1. The summed E-state index contributed by atoms with van der Waals surface area (Å²) in [6.45, 7) is 1.75. The van der Waals surface area contributed by atoms with E-state index < -0.39 is 6.04 Å². The van der Waals surface area contributed by atoms with Crippen LogP contribution < -0.4 is 15.4 Å². The number of hydrogen-bond donors (Lipinski definition) is 2. The molecule has 0 fully saturated rings. The normalized spacial score (nSPS) is 11.1. The molecule has 2 aromatic rings. The molecule has 0 unspecified atom stereocenters. The molecule has 0 aliphatic rings. The van der Waals surface area contributed by atoms with Gasteiger partial charge in [-0.2, -0.15) is 5.26 Å². The summed E-state index contributed by atoms with van der Waals surface area (Å²) in [5.41, 5.74) is 1.67. The van der Waals surface area contributed by atoms with Gasteiger partial charge in [0.1, 0.15) is 17.9 Å². The topological polar surface area (TPSA) is 74.2 Å². The molecule has 112 valence electrons. The van der Waals surface area contributed by atoms with E-state index in [-0.39, 0.29) is 5.91 Å². The Kier molecular flexibility index (Phi) is 4.99. The molecular formula is C17H17N3O2. The lowest BCUT2D eigenvalue weighted by Gasteiger charge is -2.17. The van der Waals surface area contributed by atoms with E-state index in [2.05, 4.69) is 16.7 Å². The monoisotopic (exact) mass is 295 g/mol. The predicted molar refractivity (Wildman–Crippen MR) is 85.9 cm³/mol. The number of amides is 1. The highest BCUT2D eigenvalue weighted by atomic mass is 16.5. The first-order valence-electron chi connectivity index (χ1n) is 6.85. The van der Waals surface area contributed by atoms with Crippen molar-refractivity contribution in [1.82, 2.24) is 0 Å². The van der Waals surface area contributed by atoms with Gasteiger partial charge in [0.25, 0.3) is 0 Å². The van der Waals surface area contributed by atoms with Gasteiger partial charge in [0.05, 0.1) is 24.0 Å². The van der Waals surface area contributed by atoms with Gasteiger partial charge in [0, 0.05) is 0 Å². The van der Waals surface area contributed by atoms with Crippen LogP contribution in [-0.2, 0) is 4.79 Å². The first kappa shape index (κ1) is 15.4. The summed E-state index contributed by atoms with van der Waals surface area (Å²) in [6, 6.07) is 15.8. The van der Waals surface area contributed by atoms with Crippen molar-refractivity contribution in [1.29, 1.82) is 5.26 Å². The van der Waals surface area contributed by atoms with Gasteiger partial charge in [-0.25, -0.2) is 0 Å². The van der Waals surface area contributed by atoms with Crippen LogP contribution >= 0.6 is 0 Å². The number of nitrogens with one attached hydrogen (secondary N) is 2. The molecule has 1 amide bonds. The van der Waals surface area contributed by atoms with E-state index >= 15 is 0 Å². The van der Waals surface area contributed by atoms with Crippen LogP contribution in [0, 0.1) is 11.3 Å². The number of carbonyl (C=O) groups is 1. The maximum atomic E-state index is 12.3. The molecule has 1 atom stereocenters. The van der Waals surface area contributed by atoms with Gasteiger partial charge in [-0.3, -0.25) is 4.79 Å². The molecular weight excluding hydrogens is 278 g/mol. The third-order valence-electron chi connectivity index (χ3n) is 3.18. The molecule has 0 saturated carbocycles. The van der Waals surface area contributed by atoms with E-state index in [1.165, 1.54) is 0 Å². The molecule has 0 heterocycles. The Morgan fingerprint density at radius 3 is 2.45 bits per heavy atom. The number of benzene rings is 2. The number of rotatable bonds is 5. The van der Waals surface area contributed by atoms with Gasteiger partial charge in [0.15, 0.2) is 0 Å². The smallest absolute Gasteiger partial charge is 0.246 e. The van der Waals surface area contributed by atoms with Crippen LogP contribution in [0.25, 0.3) is 0 Å². The molecule has 0 saturated heterocycles. The molecule has 2 aromatic carbocycles. The molecule has 2 N–H and O–H groups in total. The first-order valence-corrected chi connectivity index (χ1v) is 6.85. The number of anilines is 2. The van der Waals surface area contributed by atoms with Gasteiger partial charge in [0.2, 0.25) is 5.91 Å². The molecule has 0 radical (unpaired) electrons. The molecule has 0 aliphatic heterocycles. The second kappa shape index (κ2) is 7.14. The van der Waals surface area contributed by atoms with E-state index in [4.69, 9.17) is 10.00 Å². The maximum absolute atomic E-state index is 12.3. The fraction of sp³-hybridized carbons (Fsp3) is 0.176. The number of nitrogens with zero attached hydrogens (tertiary/aromatic N) is 1.